The molecule has 9 heteroatoms. The van der Waals surface area contributed by atoms with Crippen molar-refractivity contribution in [2.24, 2.45) is 0 Å². The summed E-state index contributed by atoms with van der Waals surface area (Å²) in [5.74, 6) is 2.20. The van der Waals surface area contributed by atoms with E-state index in [1.165, 1.54) is 6.33 Å². The maximum atomic E-state index is 12.5. The fourth-order valence-electron chi connectivity index (χ4n) is 3.08. The molecule has 0 N–H and O–H groups in total. The molecule has 29 heavy (non-hydrogen) atoms. The van der Waals surface area contributed by atoms with Gasteiger partial charge in [0.25, 0.3) is 0 Å². The molecule has 0 radical (unpaired) electrons. The van der Waals surface area contributed by atoms with Crippen molar-refractivity contribution in [3.63, 3.8) is 0 Å². The van der Waals surface area contributed by atoms with Gasteiger partial charge in [0.1, 0.15) is 18.4 Å². The third-order valence-electron chi connectivity index (χ3n) is 4.74. The molecule has 1 fully saturated rings. The molecule has 0 atom stereocenters. The van der Waals surface area contributed by atoms with Crippen LogP contribution >= 0.6 is 0 Å². The fourth-order valence-corrected chi connectivity index (χ4v) is 3.08. The third-order valence-corrected chi connectivity index (χ3v) is 4.74. The molecule has 3 aromatic rings. The van der Waals surface area contributed by atoms with E-state index >= 15 is 0 Å². The number of aromatic nitrogens is 5. The molecule has 0 unspecified atom stereocenters. The zero-order chi connectivity index (χ0) is 20.1. The van der Waals surface area contributed by atoms with Crippen molar-refractivity contribution in [1.29, 1.82) is 0 Å². The van der Waals surface area contributed by atoms with Crippen LogP contribution in [-0.2, 0) is 4.79 Å². The lowest BCUT2D eigenvalue weighted by molar-refractivity contribution is -0.126. The average molecular weight is 391 g/mol. The highest BCUT2D eigenvalue weighted by molar-refractivity contribution is 5.92. The van der Waals surface area contributed by atoms with Crippen LogP contribution in [0, 0.1) is 0 Å². The van der Waals surface area contributed by atoms with E-state index in [0.717, 1.165) is 17.1 Å². The van der Waals surface area contributed by atoms with Crippen molar-refractivity contribution < 1.29 is 9.53 Å². The van der Waals surface area contributed by atoms with Crippen LogP contribution in [0.25, 0.3) is 11.9 Å². The number of carbonyl (C=O) groups excluding carboxylic acids is 1. The highest BCUT2D eigenvalue weighted by Gasteiger charge is 2.20. The first-order chi connectivity index (χ1) is 14.2. The fraction of sp³-hybridized carbons (Fsp3) is 0.250. The van der Waals surface area contributed by atoms with Gasteiger partial charge in [-0.3, -0.25) is 4.79 Å². The van der Waals surface area contributed by atoms with E-state index < -0.39 is 0 Å². The first-order valence-corrected chi connectivity index (χ1v) is 9.27. The molecule has 0 aliphatic carbocycles. The van der Waals surface area contributed by atoms with Gasteiger partial charge in [-0.05, 0) is 35.9 Å². The Morgan fingerprint density at radius 1 is 1.00 bits per heavy atom. The number of hydrogen-bond acceptors (Lipinski definition) is 7. The number of amides is 1. The molecular weight excluding hydrogens is 370 g/mol. The molecule has 4 rings (SSSR count). The lowest BCUT2D eigenvalue weighted by Gasteiger charge is -2.34. The summed E-state index contributed by atoms with van der Waals surface area (Å²) in [5.41, 5.74) is 0.959. The summed E-state index contributed by atoms with van der Waals surface area (Å²) in [6, 6.07) is 11.3. The Labute approximate surface area is 168 Å². The minimum Gasteiger partial charge on any atom is -0.497 e. The van der Waals surface area contributed by atoms with Gasteiger partial charge in [-0.15, -0.1) is 10.2 Å². The molecule has 0 saturated carbocycles. The Morgan fingerprint density at radius 3 is 2.34 bits per heavy atom. The average Bonchev–Trinajstić information content (AvgIpc) is 3.33. The normalized spacial score (nSPS) is 14.4. The van der Waals surface area contributed by atoms with Crippen molar-refractivity contribution >= 4 is 17.8 Å². The molecule has 9 nitrogen and oxygen atoms in total. The number of carbonyl (C=O) groups is 1. The van der Waals surface area contributed by atoms with Crippen molar-refractivity contribution in [2.75, 3.05) is 38.2 Å². The highest BCUT2D eigenvalue weighted by atomic mass is 16.5. The number of benzene rings is 1. The van der Waals surface area contributed by atoms with Gasteiger partial charge >= 0.3 is 0 Å². The predicted molar refractivity (Wildman–Crippen MR) is 108 cm³/mol. The number of rotatable bonds is 5. The van der Waals surface area contributed by atoms with Crippen LogP contribution in [0.4, 0.5) is 5.82 Å². The molecule has 1 amide bonds. The van der Waals surface area contributed by atoms with Gasteiger partial charge in [-0.2, -0.15) is 5.10 Å². The van der Waals surface area contributed by atoms with Crippen LogP contribution in [0.1, 0.15) is 5.56 Å². The van der Waals surface area contributed by atoms with Gasteiger partial charge in [0, 0.05) is 32.3 Å². The second kappa shape index (κ2) is 8.51. The van der Waals surface area contributed by atoms with E-state index in [-0.39, 0.29) is 5.91 Å². The van der Waals surface area contributed by atoms with Crippen molar-refractivity contribution in [2.45, 2.75) is 0 Å². The molecule has 1 aromatic carbocycles. The molecule has 0 bridgehead atoms. The molecule has 3 heterocycles. The number of methoxy groups -OCH3 is 1. The Hall–Kier alpha value is -3.75. The largest absolute Gasteiger partial charge is 0.497 e. The smallest absolute Gasteiger partial charge is 0.246 e. The summed E-state index contributed by atoms with van der Waals surface area (Å²) < 4.78 is 6.70. The summed E-state index contributed by atoms with van der Waals surface area (Å²) in [6.45, 7) is 2.69. The summed E-state index contributed by atoms with van der Waals surface area (Å²) in [4.78, 5) is 20.3. The van der Waals surface area contributed by atoms with Crippen LogP contribution in [-0.4, -0.2) is 69.1 Å². The molecule has 1 aliphatic heterocycles. The molecule has 0 spiro atoms. The number of anilines is 1. The maximum absolute atomic E-state index is 12.5. The first kappa shape index (κ1) is 18.6. The van der Waals surface area contributed by atoms with Gasteiger partial charge in [0.2, 0.25) is 5.91 Å². The number of nitrogens with zero attached hydrogens (tertiary/aromatic N) is 7. The zero-order valence-corrected chi connectivity index (χ0v) is 16.0. The molecule has 148 valence electrons. The minimum atomic E-state index is 0.00748. The number of piperazine rings is 1. The van der Waals surface area contributed by atoms with Crippen LogP contribution < -0.4 is 9.64 Å². The van der Waals surface area contributed by atoms with Gasteiger partial charge in [0.15, 0.2) is 11.6 Å². The van der Waals surface area contributed by atoms with Gasteiger partial charge in [-0.1, -0.05) is 12.1 Å². The van der Waals surface area contributed by atoms with E-state index in [9.17, 15) is 4.79 Å². The molecule has 1 aliphatic rings. The quantitative estimate of drug-likeness (QED) is 0.608. The second-order valence-corrected chi connectivity index (χ2v) is 6.51. The van der Waals surface area contributed by atoms with Crippen molar-refractivity contribution in [3.05, 3.63) is 60.7 Å². The lowest BCUT2D eigenvalue weighted by Crippen LogP contribution is -2.48. The SMILES string of the molecule is COc1ccc(C=CC(=O)N2CCN(c3ccc(-n4cncn4)nn3)CC2)cc1. The Kier molecular flexibility index (Phi) is 5.46. The van der Waals surface area contributed by atoms with E-state index in [0.29, 0.717) is 32.0 Å². The zero-order valence-electron chi connectivity index (χ0n) is 16.0. The topological polar surface area (TPSA) is 89.3 Å². The second-order valence-electron chi connectivity index (χ2n) is 6.51. The van der Waals surface area contributed by atoms with Crippen LogP contribution in [0.3, 0.4) is 0 Å². The highest BCUT2D eigenvalue weighted by Crippen LogP contribution is 2.15. The molecule has 1 saturated heterocycles. The summed E-state index contributed by atoms with van der Waals surface area (Å²) in [6.07, 6.45) is 6.47. The summed E-state index contributed by atoms with van der Waals surface area (Å²) in [5, 5.41) is 12.5. The van der Waals surface area contributed by atoms with Crippen LogP contribution in [0.5, 0.6) is 5.75 Å². The number of ether oxygens (including phenoxy) is 1. The Balaban J connectivity index is 1.31. The van der Waals surface area contributed by atoms with Crippen LogP contribution in [0.15, 0.2) is 55.1 Å². The van der Waals surface area contributed by atoms with E-state index in [1.54, 1.807) is 24.2 Å². The van der Waals surface area contributed by atoms with Gasteiger partial charge < -0.3 is 14.5 Å². The lowest BCUT2D eigenvalue weighted by atomic mass is 10.2. The molecular formula is C20H21N7O2. The van der Waals surface area contributed by atoms with E-state index in [2.05, 4.69) is 25.2 Å². The van der Waals surface area contributed by atoms with Crippen LogP contribution in [0.2, 0.25) is 0 Å². The van der Waals surface area contributed by atoms with Gasteiger partial charge in [-0.25, -0.2) is 9.67 Å². The predicted octanol–water partition coefficient (Wildman–Crippen LogP) is 1.43. The number of hydrogen-bond donors (Lipinski definition) is 0. The summed E-state index contributed by atoms with van der Waals surface area (Å²) in [7, 11) is 1.63. The Bertz CT molecular complexity index is 961. The summed E-state index contributed by atoms with van der Waals surface area (Å²) >= 11 is 0. The maximum Gasteiger partial charge on any atom is 0.246 e. The molecule has 2 aromatic heterocycles. The van der Waals surface area contributed by atoms with Crippen molar-refractivity contribution in [3.8, 4) is 11.6 Å². The third kappa shape index (κ3) is 4.40. The van der Waals surface area contributed by atoms with Crippen molar-refractivity contribution in [1.82, 2.24) is 29.9 Å². The first-order valence-electron chi connectivity index (χ1n) is 9.27. The Morgan fingerprint density at radius 2 is 1.72 bits per heavy atom. The minimum absolute atomic E-state index is 0.00748. The van der Waals surface area contributed by atoms with E-state index in [4.69, 9.17) is 4.74 Å². The van der Waals surface area contributed by atoms with Gasteiger partial charge in [0.05, 0.1) is 7.11 Å². The monoisotopic (exact) mass is 391 g/mol. The standard InChI is InChI=1S/C20H21N7O2/c1-29-17-5-2-16(3-6-17)4-9-20(28)26-12-10-25(11-13-26)18-7-8-19(24-23-18)27-15-21-14-22-27/h2-9,14-15H,10-13H2,1H3. The van der Waals surface area contributed by atoms with E-state index in [1.807, 2.05) is 47.4 Å².